The number of hydrogen-bond donors (Lipinski definition) is 0. The topological polar surface area (TPSA) is 0 Å². The first kappa shape index (κ1) is 18.7. The van der Waals surface area contributed by atoms with E-state index in [0.29, 0.717) is 0 Å². The predicted molar refractivity (Wildman–Crippen MR) is 93.2 cm³/mol. The zero-order valence-corrected chi connectivity index (χ0v) is 16.3. The Morgan fingerprint density at radius 2 is 1.23 bits per heavy atom. The van der Waals surface area contributed by atoms with Crippen LogP contribution in [0.5, 0.6) is 0 Å². The van der Waals surface area contributed by atoms with Crippen molar-refractivity contribution in [1.82, 2.24) is 0 Å². The fourth-order valence-electron chi connectivity index (χ4n) is 2.41. The molecule has 0 aromatic heterocycles. The summed E-state index contributed by atoms with van der Waals surface area (Å²) in [6, 6.07) is 19.2. The summed E-state index contributed by atoms with van der Waals surface area (Å²) in [4.78, 5) is 0. The summed E-state index contributed by atoms with van der Waals surface area (Å²) in [5.74, 6) is 0. The zero-order valence-electron chi connectivity index (χ0n) is 14.0. The van der Waals surface area contributed by atoms with Crippen molar-refractivity contribution < 1.29 is 21.1 Å². The quantitative estimate of drug-likeness (QED) is 0.381. The monoisotopic (exact) mass is 471 g/mol. The Labute approximate surface area is 149 Å². The second-order valence-electron chi connectivity index (χ2n) is 5.75. The van der Waals surface area contributed by atoms with E-state index in [-0.39, 0.29) is 21.1 Å². The van der Waals surface area contributed by atoms with E-state index in [1.807, 2.05) is 0 Å². The minimum Gasteiger partial charge on any atom is -0.210 e. The molecule has 0 nitrogen and oxygen atoms in total. The van der Waals surface area contributed by atoms with Crippen LogP contribution in [0.15, 0.2) is 54.6 Å². The van der Waals surface area contributed by atoms with Crippen LogP contribution in [0.3, 0.4) is 0 Å². The Kier molecular flexibility index (Phi) is 7.04. The van der Waals surface area contributed by atoms with Gasteiger partial charge in [0.25, 0.3) is 0 Å². The van der Waals surface area contributed by atoms with E-state index in [1.54, 1.807) is 0 Å². The van der Waals surface area contributed by atoms with Crippen LogP contribution in [-0.2, 0) is 21.1 Å². The third-order valence-electron chi connectivity index (χ3n) is 4.35. The van der Waals surface area contributed by atoms with E-state index in [0.717, 1.165) is 0 Å². The van der Waals surface area contributed by atoms with Gasteiger partial charge in [-0.25, -0.2) is 6.07 Å². The van der Waals surface area contributed by atoms with Gasteiger partial charge in [-0.2, -0.15) is 22.8 Å². The molecule has 0 atom stereocenters. The molecule has 1 heteroatoms. The largest absolute Gasteiger partial charge is 4.00 e. The van der Waals surface area contributed by atoms with Crippen LogP contribution in [-0.4, -0.2) is 0 Å². The Morgan fingerprint density at radius 3 is 1.59 bits per heavy atom. The molecule has 0 aliphatic rings. The molecular weight excluding hydrogens is 447 g/mol. The molecule has 3 rings (SSSR count). The van der Waals surface area contributed by atoms with Gasteiger partial charge < -0.3 is 0 Å². The van der Waals surface area contributed by atoms with Gasteiger partial charge in [0.05, 0.1) is 0 Å². The molecule has 0 unspecified atom stereocenters. The van der Waals surface area contributed by atoms with Gasteiger partial charge in [-0.1, -0.05) is 58.4 Å². The van der Waals surface area contributed by atoms with Gasteiger partial charge in [-0.05, 0) is 0 Å². The molecule has 0 saturated heterocycles. The molecule has 0 amide bonds. The van der Waals surface area contributed by atoms with Gasteiger partial charge in [-0.3, -0.25) is 0 Å². The second-order valence-corrected chi connectivity index (χ2v) is 5.75. The van der Waals surface area contributed by atoms with Crippen LogP contribution >= 0.6 is 0 Å². The number of hydrogen-bond acceptors (Lipinski definition) is 0. The van der Waals surface area contributed by atoms with Crippen molar-refractivity contribution in [2.75, 3.05) is 0 Å². The van der Waals surface area contributed by atoms with Gasteiger partial charge in [0.2, 0.25) is 0 Å². The molecular formula is C21H24Pt+2. The fraction of sp³-hybridized carbons (Fsp3) is 0.238. The first-order valence-electron chi connectivity index (χ1n) is 7.48. The number of rotatable bonds is 1. The van der Waals surface area contributed by atoms with Crippen LogP contribution < -0.4 is 0 Å². The molecule has 3 aromatic rings. The van der Waals surface area contributed by atoms with Crippen molar-refractivity contribution in [3.05, 3.63) is 82.4 Å². The van der Waals surface area contributed by atoms with E-state index in [4.69, 9.17) is 0 Å². The van der Waals surface area contributed by atoms with Crippen molar-refractivity contribution in [3.63, 3.8) is 0 Å². The third-order valence-corrected chi connectivity index (χ3v) is 4.35. The van der Waals surface area contributed by atoms with Crippen LogP contribution in [0.2, 0.25) is 0 Å². The van der Waals surface area contributed by atoms with Crippen molar-refractivity contribution in [3.8, 4) is 11.1 Å². The molecule has 0 heterocycles. The molecule has 0 aliphatic heterocycles. The molecule has 0 saturated carbocycles. The number of aryl methyl sites for hydroxylation is 3. The molecule has 116 valence electrons. The SMILES string of the molecule is Cc1cc[c-](-c2ccccc2)c1C.Cc1cc[c-](C)c1C.[Pt+4]. The molecule has 0 radical (unpaired) electrons. The summed E-state index contributed by atoms with van der Waals surface area (Å²) in [5, 5.41) is 0. The molecule has 0 bridgehead atoms. The van der Waals surface area contributed by atoms with Crippen molar-refractivity contribution in [2.24, 2.45) is 0 Å². The smallest absolute Gasteiger partial charge is 0.210 e. The van der Waals surface area contributed by atoms with Crippen LogP contribution in [0, 0.1) is 34.6 Å². The normalized spacial score (nSPS) is 9.68. The van der Waals surface area contributed by atoms with Crippen molar-refractivity contribution >= 4 is 0 Å². The average molecular weight is 472 g/mol. The molecule has 0 fully saturated rings. The second kappa shape index (κ2) is 8.30. The minimum absolute atomic E-state index is 0. The summed E-state index contributed by atoms with van der Waals surface area (Å²) < 4.78 is 0. The van der Waals surface area contributed by atoms with Crippen molar-refractivity contribution in [1.29, 1.82) is 0 Å². The average Bonchev–Trinajstić information content (AvgIpc) is 2.98. The molecule has 0 spiro atoms. The van der Waals surface area contributed by atoms with E-state index >= 15 is 0 Å². The Balaban J connectivity index is 0.000000234. The van der Waals surface area contributed by atoms with E-state index < -0.39 is 0 Å². The first-order valence-corrected chi connectivity index (χ1v) is 7.48. The summed E-state index contributed by atoms with van der Waals surface area (Å²) in [6.45, 7) is 10.8. The standard InChI is InChI=1S/C13H13.C8H11.Pt/c1-10-8-9-13(11(10)2)12-6-4-3-5-7-12;1-6-4-5-7(2)8(6)3;/h3-9H,1-2H3;4-5H,1-3H3;/q2*-1;+4. The van der Waals surface area contributed by atoms with Gasteiger partial charge in [-0.15, -0.1) is 41.0 Å². The third kappa shape index (κ3) is 4.31. The number of benzene rings is 1. The molecule has 3 aromatic carbocycles. The summed E-state index contributed by atoms with van der Waals surface area (Å²) in [6.07, 6.45) is 0. The van der Waals surface area contributed by atoms with Gasteiger partial charge in [0.15, 0.2) is 0 Å². The molecule has 22 heavy (non-hydrogen) atoms. The Bertz CT molecular complexity index is 679. The molecule has 0 N–H and O–H groups in total. The van der Waals surface area contributed by atoms with Gasteiger partial charge >= 0.3 is 21.1 Å². The predicted octanol–water partition coefficient (Wildman–Crippen LogP) is 6.02. The Hall–Kier alpha value is -1.39. The van der Waals surface area contributed by atoms with Gasteiger partial charge in [0, 0.05) is 0 Å². The first-order chi connectivity index (χ1) is 10.0. The van der Waals surface area contributed by atoms with Crippen LogP contribution in [0.4, 0.5) is 0 Å². The minimum atomic E-state index is 0. The summed E-state index contributed by atoms with van der Waals surface area (Å²) >= 11 is 0. The molecule has 0 aliphatic carbocycles. The van der Waals surface area contributed by atoms with Gasteiger partial charge in [0.1, 0.15) is 0 Å². The van der Waals surface area contributed by atoms with Crippen LogP contribution in [0.1, 0.15) is 27.8 Å². The Morgan fingerprint density at radius 1 is 0.682 bits per heavy atom. The van der Waals surface area contributed by atoms with Crippen LogP contribution in [0.25, 0.3) is 11.1 Å². The maximum Gasteiger partial charge on any atom is 4.00 e. The van der Waals surface area contributed by atoms with E-state index in [2.05, 4.69) is 89.2 Å². The summed E-state index contributed by atoms with van der Waals surface area (Å²) in [7, 11) is 0. The maximum atomic E-state index is 2.19. The van der Waals surface area contributed by atoms with Crippen molar-refractivity contribution in [2.45, 2.75) is 34.6 Å². The van der Waals surface area contributed by atoms with E-state index in [9.17, 15) is 0 Å². The zero-order chi connectivity index (χ0) is 15.4. The van der Waals surface area contributed by atoms with E-state index in [1.165, 1.54) is 38.9 Å². The maximum absolute atomic E-state index is 2.19. The summed E-state index contributed by atoms with van der Waals surface area (Å²) in [5.41, 5.74) is 9.69. The fourth-order valence-corrected chi connectivity index (χ4v) is 2.41.